The second-order valence-electron chi connectivity index (χ2n) is 5.88. The molecule has 1 aromatic rings. The van der Waals surface area contributed by atoms with Crippen LogP contribution in [0.3, 0.4) is 0 Å². The standard InChI is InChI=1S/C17H25N3O3/c1-13-11-18-8-6-14(13)7-9-19-16(21)12-20-10-4-3-5-15(23-2)17(20)22/h6,8,11,15H,3-5,7,9-10,12H2,1-2H3,(H,19,21). The van der Waals surface area contributed by atoms with Gasteiger partial charge in [0.1, 0.15) is 6.10 Å². The zero-order valence-electron chi connectivity index (χ0n) is 13.9. The van der Waals surface area contributed by atoms with Gasteiger partial charge in [-0.2, -0.15) is 0 Å². The molecular weight excluding hydrogens is 294 g/mol. The normalized spacial score (nSPS) is 18.6. The summed E-state index contributed by atoms with van der Waals surface area (Å²) in [6.07, 6.45) is 6.51. The summed E-state index contributed by atoms with van der Waals surface area (Å²) in [5.74, 6) is -0.202. The third kappa shape index (κ3) is 5.03. The van der Waals surface area contributed by atoms with Crippen LogP contribution in [0.1, 0.15) is 30.4 Å². The van der Waals surface area contributed by atoms with E-state index in [0.29, 0.717) is 13.1 Å². The van der Waals surface area contributed by atoms with Crippen molar-refractivity contribution < 1.29 is 14.3 Å². The van der Waals surface area contributed by atoms with E-state index in [1.807, 2.05) is 19.2 Å². The van der Waals surface area contributed by atoms with E-state index in [1.54, 1.807) is 18.2 Å². The fraction of sp³-hybridized carbons (Fsp3) is 0.588. The van der Waals surface area contributed by atoms with Crippen molar-refractivity contribution >= 4 is 11.8 Å². The first-order chi connectivity index (χ1) is 11.1. The molecular formula is C17H25N3O3. The van der Waals surface area contributed by atoms with Crippen molar-refractivity contribution in [1.82, 2.24) is 15.2 Å². The number of carbonyl (C=O) groups excluding carboxylic acids is 2. The van der Waals surface area contributed by atoms with Crippen molar-refractivity contribution in [3.05, 3.63) is 29.6 Å². The Balaban J connectivity index is 1.79. The lowest BCUT2D eigenvalue weighted by Crippen LogP contribution is -2.45. The smallest absolute Gasteiger partial charge is 0.252 e. The quantitative estimate of drug-likeness (QED) is 0.851. The molecule has 1 fully saturated rings. The van der Waals surface area contributed by atoms with Crippen molar-refractivity contribution in [2.75, 3.05) is 26.7 Å². The zero-order valence-corrected chi connectivity index (χ0v) is 13.9. The van der Waals surface area contributed by atoms with E-state index in [4.69, 9.17) is 4.74 Å². The number of methoxy groups -OCH3 is 1. The Morgan fingerprint density at radius 2 is 2.30 bits per heavy atom. The van der Waals surface area contributed by atoms with Gasteiger partial charge in [-0.3, -0.25) is 14.6 Å². The van der Waals surface area contributed by atoms with Crippen LogP contribution in [0.4, 0.5) is 0 Å². The van der Waals surface area contributed by atoms with Gasteiger partial charge in [-0.15, -0.1) is 0 Å². The first-order valence-electron chi connectivity index (χ1n) is 8.09. The molecule has 1 aromatic heterocycles. The van der Waals surface area contributed by atoms with Gasteiger partial charge in [0.25, 0.3) is 5.91 Å². The first-order valence-corrected chi connectivity index (χ1v) is 8.09. The molecule has 2 amide bonds. The van der Waals surface area contributed by atoms with E-state index in [9.17, 15) is 9.59 Å². The van der Waals surface area contributed by atoms with E-state index >= 15 is 0 Å². The molecule has 1 N–H and O–H groups in total. The van der Waals surface area contributed by atoms with Crippen molar-refractivity contribution in [3.63, 3.8) is 0 Å². The predicted molar refractivity (Wildman–Crippen MR) is 86.9 cm³/mol. The highest BCUT2D eigenvalue weighted by molar-refractivity contribution is 5.87. The van der Waals surface area contributed by atoms with Gasteiger partial charge in [0.2, 0.25) is 5.91 Å². The van der Waals surface area contributed by atoms with Crippen LogP contribution in [0.25, 0.3) is 0 Å². The summed E-state index contributed by atoms with van der Waals surface area (Å²) in [7, 11) is 1.54. The third-order valence-electron chi connectivity index (χ3n) is 4.20. The van der Waals surface area contributed by atoms with Crippen LogP contribution in [0, 0.1) is 6.92 Å². The molecule has 1 saturated heterocycles. The number of nitrogens with one attached hydrogen (secondary N) is 1. The molecule has 1 aliphatic heterocycles. The molecule has 126 valence electrons. The highest BCUT2D eigenvalue weighted by Crippen LogP contribution is 2.14. The molecule has 0 aliphatic carbocycles. The van der Waals surface area contributed by atoms with Gasteiger partial charge in [0, 0.05) is 32.6 Å². The van der Waals surface area contributed by atoms with Gasteiger partial charge in [0.15, 0.2) is 0 Å². The summed E-state index contributed by atoms with van der Waals surface area (Å²) in [5, 5.41) is 2.89. The Hall–Kier alpha value is -1.95. The summed E-state index contributed by atoms with van der Waals surface area (Å²) in [6.45, 7) is 3.29. The molecule has 6 heteroatoms. The van der Waals surface area contributed by atoms with Gasteiger partial charge < -0.3 is 15.0 Å². The number of carbonyl (C=O) groups is 2. The fourth-order valence-corrected chi connectivity index (χ4v) is 2.79. The van der Waals surface area contributed by atoms with Gasteiger partial charge in [-0.1, -0.05) is 0 Å². The topological polar surface area (TPSA) is 71.5 Å². The third-order valence-corrected chi connectivity index (χ3v) is 4.20. The van der Waals surface area contributed by atoms with Crippen molar-refractivity contribution in [2.45, 2.75) is 38.7 Å². The molecule has 6 nitrogen and oxygen atoms in total. The molecule has 0 saturated carbocycles. The van der Waals surface area contributed by atoms with Gasteiger partial charge in [0.05, 0.1) is 6.54 Å². The number of rotatable bonds is 6. The van der Waals surface area contributed by atoms with E-state index in [0.717, 1.165) is 31.2 Å². The molecule has 1 aliphatic rings. The molecule has 1 atom stereocenters. The number of aryl methyl sites for hydroxylation is 1. The monoisotopic (exact) mass is 319 g/mol. The lowest BCUT2D eigenvalue weighted by Gasteiger charge is -2.23. The molecule has 23 heavy (non-hydrogen) atoms. The van der Waals surface area contributed by atoms with Crippen molar-refractivity contribution in [3.8, 4) is 0 Å². The van der Waals surface area contributed by atoms with E-state index in [-0.39, 0.29) is 18.4 Å². The van der Waals surface area contributed by atoms with Gasteiger partial charge in [-0.25, -0.2) is 0 Å². The second kappa shape index (κ2) is 8.62. The Kier molecular flexibility index (Phi) is 6.52. The number of hydrogen-bond acceptors (Lipinski definition) is 4. The van der Waals surface area contributed by atoms with Crippen LogP contribution >= 0.6 is 0 Å². The maximum absolute atomic E-state index is 12.3. The minimum atomic E-state index is -0.412. The van der Waals surface area contributed by atoms with E-state index in [1.165, 1.54) is 5.56 Å². The summed E-state index contributed by atoms with van der Waals surface area (Å²) in [6, 6.07) is 1.96. The molecule has 1 unspecified atom stereocenters. The van der Waals surface area contributed by atoms with Crippen LogP contribution in [-0.4, -0.2) is 54.5 Å². The van der Waals surface area contributed by atoms with Crippen LogP contribution < -0.4 is 5.32 Å². The summed E-state index contributed by atoms with van der Waals surface area (Å²) < 4.78 is 5.22. The molecule has 2 heterocycles. The Bertz CT molecular complexity index is 548. The maximum atomic E-state index is 12.3. The highest BCUT2D eigenvalue weighted by atomic mass is 16.5. The van der Waals surface area contributed by atoms with E-state index < -0.39 is 6.10 Å². The number of nitrogens with zero attached hydrogens (tertiary/aromatic N) is 2. The van der Waals surface area contributed by atoms with Crippen LogP contribution in [0.5, 0.6) is 0 Å². The lowest BCUT2D eigenvalue weighted by atomic mass is 10.1. The zero-order chi connectivity index (χ0) is 16.7. The van der Waals surface area contributed by atoms with Crippen LogP contribution in [0.15, 0.2) is 18.5 Å². The molecule has 0 bridgehead atoms. The molecule has 2 rings (SSSR count). The Morgan fingerprint density at radius 3 is 3.04 bits per heavy atom. The van der Waals surface area contributed by atoms with Gasteiger partial charge >= 0.3 is 0 Å². The number of amides is 2. The average molecular weight is 319 g/mol. The number of aromatic nitrogens is 1. The summed E-state index contributed by atoms with van der Waals surface area (Å²) >= 11 is 0. The number of ether oxygens (including phenoxy) is 1. The average Bonchev–Trinajstić information content (AvgIpc) is 2.71. The van der Waals surface area contributed by atoms with Gasteiger partial charge in [-0.05, 0) is 49.8 Å². The van der Waals surface area contributed by atoms with Crippen LogP contribution in [-0.2, 0) is 20.7 Å². The predicted octanol–water partition coefficient (Wildman–Crippen LogP) is 1.08. The van der Waals surface area contributed by atoms with E-state index in [2.05, 4.69) is 10.3 Å². The minimum Gasteiger partial charge on any atom is -0.372 e. The molecule has 0 aromatic carbocycles. The maximum Gasteiger partial charge on any atom is 0.252 e. The number of hydrogen-bond donors (Lipinski definition) is 1. The number of pyridine rings is 1. The van der Waals surface area contributed by atoms with Crippen LogP contribution in [0.2, 0.25) is 0 Å². The first kappa shape index (κ1) is 17.4. The lowest BCUT2D eigenvalue weighted by molar-refractivity contribution is -0.144. The SMILES string of the molecule is COC1CCCCN(CC(=O)NCCc2ccncc2C)C1=O. The largest absolute Gasteiger partial charge is 0.372 e. The van der Waals surface area contributed by atoms with Crippen molar-refractivity contribution in [2.24, 2.45) is 0 Å². The van der Waals surface area contributed by atoms with Crippen molar-refractivity contribution in [1.29, 1.82) is 0 Å². The number of likely N-dealkylation sites (tertiary alicyclic amines) is 1. The fourth-order valence-electron chi connectivity index (χ4n) is 2.79. The second-order valence-corrected chi connectivity index (χ2v) is 5.88. The molecule has 0 spiro atoms. The summed E-state index contributed by atoms with van der Waals surface area (Å²) in [5.41, 5.74) is 2.29. The Morgan fingerprint density at radius 1 is 1.48 bits per heavy atom. The molecule has 0 radical (unpaired) electrons. The summed E-state index contributed by atoms with van der Waals surface area (Å²) in [4.78, 5) is 30.0. The Labute approximate surface area is 137 Å². The highest BCUT2D eigenvalue weighted by Gasteiger charge is 2.27. The minimum absolute atomic E-state index is 0.0786.